The van der Waals surface area contributed by atoms with E-state index in [4.69, 9.17) is 15.9 Å². The molecule has 4 N–H and O–H groups in total. The summed E-state index contributed by atoms with van der Waals surface area (Å²) in [7, 11) is 0. The van der Waals surface area contributed by atoms with Crippen LogP contribution in [0.2, 0.25) is 0 Å². The molecule has 0 heterocycles. The molecule has 0 saturated heterocycles. The number of aliphatic carboxylic acids is 2. The number of hydrogen-bond donors (Lipinski definition) is 3. The van der Waals surface area contributed by atoms with Gasteiger partial charge < -0.3 is 15.9 Å². The van der Waals surface area contributed by atoms with Crippen molar-refractivity contribution in [3.05, 3.63) is 0 Å². The summed E-state index contributed by atoms with van der Waals surface area (Å²) in [5.74, 6) is -1.42. The molecular formula is C26H55NO4. The molecular weight excluding hydrogens is 390 g/mol. The average molecular weight is 446 g/mol. The minimum absolute atomic E-state index is 0.292. The summed E-state index contributed by atoms with van der Waals surface area (Å²) in [5.41, 5.74) is 5.48. The Kier molecular flexibility index (Phi) is 37.3. The first-order valence-electron chi connectivity index (χ1n) is 13.1. The van der Waals surface area contributed by atoms with Gasteiger partial charge in [0.1, 0.15) is 0 Å². The third kappa shape index (κ3) is 47.9. The van der Waals surface area contributed by atoms with Crippen LogP contribution in [0.4, 0.5) is 0 Å². The Hall–Kier alpha value is -1.10. The molecule has 0 aromatic rings. The molecule has 0 aliphatic carbocycles. The highest BCUT2D eigenvalue weighted by Gasteiger charge is 1.94. The second kappa shape index (κ2) is 33.5. The molecule has 5 heteroatoms. The number of nitrogens with two attached hydrogens (primary N) is 1. The fourth-order valence-corrected chi connectivity index (χ4v) is 3.12. The molecule has 0 fully saturated rings. The summed E-state index contributed by atoms with van der Waals surface area (Å²) in [6.45, 7) is 6.85. The van der Waals surface area contributed by atoms with Gasteiger partial charge in [0.2, 0.25) is 0 Å². The van der Waals surface area contributed by atoms with Crippen molar-refractivity contribution in [3.8, 4) is 0 Å². The number of hydrogen-bond acceptors (Lipinski definition) is 3. The Balaban J connectivity index is -0.000000532. The van der Waals surface area contributed by atoms with Gasteiger partial charge in [-0.2, -0.15) is 0 Å². The predicted octanol–water partition coefficient (Wildman–Crippen LogP) is 7.95. The fourth-order valence-electron chi connectivity index (χ4n) is 3.12. The van der Waals surface area contributed by atoms with Crippen LogP contribution in [0.25, 0.3) is 0 Å². The maximum absolute atomic E-state index is 9.60. The van der Waals surface area contributed by atoms with Crippen molar-refractivity contribution >= 4 is 11.9 Å². The molecule has 0 rings (SSSR count). The van der Waals surface area contributed by atoms with Gasteiger partial charge in [-0.15, -0.1) is 0 Å². The van der Waals surface area contributed by atoms with Gasteiger partial charge in [0.05, 0.1) is 0 Å². The first-order chi connectivity index (χ1) is 15.0. The number of carbonyl (C=O) groups is 2. The van der Waals surface area contributed by atoms with Gasteiger partial charge in [0, 0.05) is 12.8 Å². The lowest BCUT2D eigenvalue weighted by molar-refractivity contribution is -0.138. The molecule has 0 bridgehead atoms. The van der Waals surface area contributed by atoms with Crippen molar-refractivity contribution in [1.82, 2.24) is 0 Å². The molecule has 0 saturated carbocycles. The van der Waals surface area contributed by atoms with E-state index in [9.17, 15) is 9.59 Å². The standard InChI is InChI=1S/C18H39N.2C4H8O2/c1-2-3-4-5-6-7-8-9-10-11-12-13-14-15-16-17-18-19;2*1-2-3-4(5)6/h2-19H2,1H3;2*2-3H2,1H3,(H,5,6). The molecule has 31 heavy (non-hydrogen) atoms. The van der Waals surface area contributed by atoms with Crippen LogP contribution in [0.1, 0.15) is 149 Å². The molecule has 0 unspecified atom stereocenters. The second-order valence-corrected chi connectivity index (χ2v) is 8.38. The van der Waals surface area contributed by atoms with Gasteiger partial charge >= 0.3 is 11.9 Å². The molecule has 0 atom stereocenters. The minimum Gasteiger partial charge on any atom is -0.481 e. The zero-order valence-corrected chi connectivity index (χ0v) is 21.1. The SMILES string of the molecule is CCCC(=O)O.CCCC(=O)O.CCCCCCCCCCCCCCCCCCN. The third-order valence-corrected chi connectivity index (χ3v) is 4.99. The van der Waals surface area contributed by atoms with Crippen LogP contribution in [0.15, 0.2) is 0 Å². The maximum atomic E-state index is 9.60. The molecule has 0 spiro atoms. The first kappa shape index (κ1) is 34.5. The maximum Gasteiger partial charge on any atom is 0.303 e. The zero-order chi connectivity index (χ0) is 24.0. The molecule has 5 nitrogen and oxygen atoms in total. The number of rotatable bonds is 20. The Bertz CT molecular complexity index is 316. The monoisotopic (exact) mass is 445 g/mol. The second-order valence-electron chi connectivity index (χ2n) is 8.38. The Morgan fingerprint density at radius 3 is 0.903 bits per heavy atom. The summed E-state index contributed by atoms with van der Waals surface area (Å²) in [6, 6.07) is 0. The van der Waals surface area contributed by atoms with Crippen molar-refractivity contribution < 1.29 is 19.8 Å². The van der Waals surface area contributed by atoms with Gasteiger partial charge in [-0.25, -0.2) is 0 Å². The fraction of sp³-hybridized carbons (Fsp3) is 0.923. The summed E-state index contributed by atoms with van der Waals surface area (Å²) in [6.07, 6.45) is 24.9. The van der Waals surface area contributed by atoms with E-state index in [2.05, 4.69) is 6.92 Å². The highest BCUT2D eigenvalue weighted by molar-refractivity contribution is 5.66. The van der Waals surface area contributed by atoms with E-state index in [1.807, 2.05) is 13.8 Å². The third-order valence-electron chi connectivity index (χ3n) is 4.99. The van der Waals surface area contributed by atoms with Crippen LogP contribution in [0, 0.1) is 0 Å². The molecule has 0 aliphatic rings. The summed E-state index contributed by atoms with van der Waals surface area (Å²) < 4.78 is 0. The molecule has 0 aliphatic heterocycles. The van der Waals surface area contributed by atoms with E-state index in [1.54, 1.807) is 0 Å². The van der Waals surface area contributed by atoms with Crippen molar-refractivity contribution in [2.24, 2.45) is 5.73 Å². The summed E-state index contributed by atoms with van der Waals surface area (Å²) >= 11 is 0. The lowest BCUT2D eigenvalue weighted by Gasteiger charge is -2.03. The summed E-state index contributed by atoms with van der Waals surface area (Å²) in [4.78, 5) is 19.2. The number of carboxylic acid groups (broad SMARTS) is 2. The van der Waals surface area contributed by atoms with Gasteiger partial charge in [-0.1, -0.05) is 117 Å². The van der Waals surface area contributed by atoms with Crippen molar-refractivity contribution in [3.63, 3.8) is 0 Å². The lowest BCUT2D eigenvalue weighted by Crippen LogP contribution is -1.97. The van der Waals surface area contributed by atoms with Gasteiger partial charge in [0.25, 0.3) is 0 Å². The van der Waals surface area contributed by atoms with Crippen LogP contribution in [-0.4, -0.2) is 28.7 Å². The van der Waals surface area contributed by atoms with Gasteiger partial charge in [-0.3, -0.25) is 9.59 Å². The first-order valence-corrected chi connectivity index (χ1v) is 13.1. The van der Waals surface area contributed by atoms with Crippen LogP contribution in [-0.2, 0) is 9.59 Å². The number of unbranched alkanes of at least 4 members (excludes halogenated alkanes) is 15. The van der Waals surface area contributed by atoms with Crippen LogP contribution in [0.3, 0.4) is 0 Å². The van der Waals surface area contributed by atoms with Crippen molar-refractivity contribution in [1.29, 1.82) is 0 Å². The van der Waals surface area contributed by atoms with Crippen LogP contribution >= 0.6 is 0 Å². The topological polar surface area (TPSA) is 101 Å². The van der Waals surface area contributed by atoms with Gasteiger partial charge in [0.15, 0.2) is 0 Å². The minimum atomic E-state index is -0.711. The van der Waals surface area contributed by atoms with E-state index in [-0.39, 0.29) is 0 Å². The Morgan fingerprint density at radius 1 is 0.484 bits per heavy atom. The Morgan fingerprint density at radius 2 is 0.742 bits per heavy atom. The quantitative estimate of drug-likeness (QED) is 0.165. The van der Waals surface area contributed by atoms with E-state index < -0.39 is 11.9 Å². The molecule has 0 aromatic carbocycles. The zero-order valence-electron chi connectivity index (χ0n) is 21.1. The van der Waals surface area contributed by atoms with Crippen molar-refractivity contribution in [2.45, 2.75) is 149 Å². The molecule has 0 amide bonds. The molecule has 0 radical (unpaired) electrons. The van der Waals surface area contributed by atoms with E-state index >= 15 is 0 Å². The van der Waals surface area contributed by atoms with E-state index in [0.717, 1.165) is 19.4 Å². The lowest BCUT2D eigenvalue weighted by atomic mass is 10.0. The molecule has 188 valence electrons. The largest absolute Gasteiger partial charge is 0.481 e. The average Bonchev–Trinajstić information content (AvgIpc) is 2.71. The Labute approximate surface area is 193 Å². The van der Waals surface area contributed by atoms with Crippen molar-refractivity contribution in [2.75, 3.05) is 6.54 Å². The summed E-state index contributed by atoms with van der Waals surface area (Å²) in [5, 5.41) is 15.8. The van der Waals surface area contributed by atoms with Gasteiger partial charge in [-0.05, 0) is 25.8 Å². The predicted molar refractivity (Wildman–Crippen MR) is 134 cm³/mol. The highest BCUT2D eigenvalue weighted by atomic mass is 16.4. The van der Waals surface area contributed by atoms with E-state index in [1.165, 1.54) is 103 Å². The van der Waals surface area contributed by atoms with E-state index in [0.29, 0.717) is 12.8 Å². The van der Waals surface area contributed by atoms with Crippen LogP contribution < -0.4 is 5.73 Å². The normalized spacial score (nSPS) is 9.94. The molecule has 0 aromatic heterocycles. The van der Waals surface area contributed by atoms with Crippen LogP contribution in [0.5, 0.6) is 0 Å². The number of carboxylic acids is 2. The highest BCUT2D eigenvalue weighted by Crippen LogP contribution is 2.13. The smallest absolute Gasteiger partial charge is 0.303 e.